The number of carbonyl (C=O) groups excluding carboxylic acids is 1. The molecule has 1 aromatic rings. The molecule has 1 spiro atoms. The van der Waals surface area contributed by atoms with Crippen LogP contribution in [0, 0.1) is 5.41 Å². The molecule has 1 unspecified atom stereocenters. The molecule has 3 heteroatoms. The van der Waals surface area contributed by atoms with Gasteiger partial charge in [0, 0.05) is 11.3 Å². The lowest BCUT2D eigenvalue weighted by Crippen LogP contribution is -2.56. The zero-order valence-corrected chi connectivity index (χ0v) is 9.55. The summed E-state index contributed by atoms with van der Waals surface area (Å²) in [5.41, 5.74) is 0.866. The van der Waals surface area contributed by atoms with Crippen LogP contribution >= 0.6 is 23.2 Å². The number of rotatable bonds is 1. The lowest BCUT2D eigenvalue weighted by atomic mass is 9.65. The van der Waals surface area contributed by atoms with Crippen LogP contribution in [-0.4, -0.2) is 10.1 Å². The topological polar surface area (TPSA) is 17.1 Å². The second-order valence-electron chi connectivity index (χ2n) is 4.45. The normalized spacial score (nSPS) is 30.0. The quantitative estimate of drug-likeness (QED) is 0.689. The highest BCUT2D eigenvalue weighted by Crippen LogP contribution is 2.73. The van der Waals surface area contributed by atoms with E-state index >= 15 is 0 Å². The second-order valence-corrected chi connectivity index (χ2v) is 5.84. The fourth-order valence-electron chi connectivity index (χ4n) is 2.69. The first-order valence-corrected chi connectivity index (χ1v) is 5.82. The number of carbonyl (C=O) groups is 1. The Morgan fingerprint density at radius 2 is 1.73 bits per heavy atom. The average molecular weight is 241 g/mol. The summed E-state index contributed by atoms with van der Waals surface area (Å²) < 4.78 is -1.20. The van der Waals surface area contributed by atoms with E-state index < -0.39 is 4.33 Å². The van der Waals surface area contributed by atoms with Crippen molar-refractivity contribution in [2.45, 2.75) is 23.1 Å². The van der Waals surface area contributed by atoms with Gasteiger partial charge in [0.05, 0.1) is 0 Å². The number of Topliss-reactive ketones (excluding diaryl/α,β-unsaturated/α-hetero) is 1. The van der Waals surface area contributed by atoms with Crippen LogP contribution in [0.4, 0.5) is 0 Å². The fraction of sp³-hybridized carbons (Fsp3) is 0.417. The largest absolute Gasteiger partial charge is 0.296 e. The van der Waals surface area contributed by atoms with Gasteiger partial charge >= 0.3 is 0 Å². The number of hydrogen-bond acceptors (Lipinski definition) is 1. The predicted molar refractivity (Wildman–Crippen MR) is 60.3 cm³/mol. The van der Waals surface area contributed by atoms with Gasteiger partial charge in [-0.3, -0.25) is 4.79 Å². The summed E-state index contributed by atoms with van der Waals surface area (Å²) in [7, 11) is 0. The molecule has 2 fully saturated rings. The SMILES string of the molecule is O=C1C(Cl)(Cl)C(c2ccccc2)C12CC2. The van der Waals surface area contributed by atoms with Crippen molar-refractivity contribution in [2.24, 2.45) is 5.41 Å². The summed E-state index contributed by atoms with van der Waals surface area (Å²) >= 11 is 12.2. The van der Waals surface area contributed by atoms with E-state index in [0.717, 1.165) is 18.4 Å². The molecule has 0 bridgehead atoms. The van der Waals surface area contributed by atoms with Gasteiger partial charge in [0.15, 0.2) is 10.1 Å². The Balaban J connectivity index is 2.03. The van der Waals surface area contributed by atoms with E-state index in [4.69, 9.17) is 23.2 Å². The monoisotopic (exact) mass is 240 g/mol. The van der Waals surface area contributed by atoms with Gasteiger partial charge in [-0.15, -0.1) is 0 Å². The molecule has 0 N–H and O–H groups in total. The van der Waals surface area contributed by atoms with Crippen molar-refractivity contribution in [1.82, 2.24) is 0 Å². The highest BCUT2D eigenvalue weighted by Gasteiger charge is 2.75. The molecular weight excluding hydrogens is 231 g/mol. The Morgan fingerprint density at radius 1 is 1.13 bits per heavy atom. The first-order valence-electron chi connectivity index (χ1n) is 5.07. The molecule has 0 amide bonds. The molecular formula is C12H10Cl2O. The number of ketones is 1. The van der Waals surface area contributed by atoms with Crippen molar-refractivity contribution < 1.29 is 4.79 Å². The lowest BCUT2D eigenvalue weighted by Gasteiger charge is -2.46. The Morgan fingerprint density at radius 3 is 2.27 bits per heavy atom. The third-order valence-electron chi connectivity index (χ3n) is 3.59. The smallest absolute Gasteiger partial charge is 0.184 e. The predicted octanol–water partition coefficient (Wildman–Crippen LogP) is 3.31. The van der Waals surface area contributed by atoms with Crippen LogP contribution < -0.4 is 0 Å². The van der Waals surface area contributed by atoms with E-state index in [9.17, 15) is 4.79 Å². The molecule has 1 atom stereocenters. The summed E-state index contributed by atoms with van der Waals surface area (Å²) in [6.45, 7) is 0. The summed E-state index contributed by atoms with van der Waals surface area (Å²) in [6.07, 6.45) is 1.87. The first kappa shape index (κ1) is 9.68. The molecule has 0 heterocycles. The van der Waals surface area contributed by atoms with Gasteiger partial charge in [-0.05, 0) is 18.4 Å². The van der Waals surface area contributed by atoms with E-state index in [0.29, 0.717) is 0 Å². The molecule has 0 aromatic heterocycles. The van der Waals surface area contributed by atoms with Crippen LogP contribution in [-0.2, 0) is 4.79 Å². The molecule has 78 valence electrons. The van der Waals surface area contributed by atoms with Gasteiger partial charge in [-0.1, -0.05) is 53.5 Å². The molecule has 1 nitrogen and oxygen atoms in total. The maximum Gasteiger partial charge on any atom is 0.184 e. The molecule has 0 radical (unpaired) electrons. The summed E-state index contributed by atoms with van der Waals surface area (Å²) in [5.74, 6) is 0.00854. The zero-order chi connectivity index (χ0) is 10.7. The molecule has 15 heavy (non-hydrogen) atoms. The van der Waals surface area contributed by atoms with Crippen molar-refractivity contribution >= 4 is 29.0 Å². The van der Waals surface area contributed by atoms with Crippen molar-refractivity contribution in [1.29, 1.82) is 0 Å². The number of halogens is 2. The van der Waals surface area contributed by atoms with Gasteiger partial charge < -0.3 is 0 Å². The maximum atomic E-state index is 11.8. The molecule has 2 aliphatic carbocycles. The standard InChI is InChI=1S/C12H10Cl2O/c13-12(14)9(8-4-2-1-3-5-8)11(6-7-11)10(12)15/h1-5,9H,6-7H2. The number of benzene rings is 1. The molecule has 3 rings (SSSR count). The first-order chi connectivity index (χ1) is 7.09. The third kappa shape index (κ3) is 1.08. The van der Waals surface area contributed by atoms with Crippen LogP contribution in [0.1, 0.15) is 24.3 Å². The van der Waals surface area contributed by atoms with Crippen LogP contribution in [0.15, 0.2) is 30.3 Å². The molecule has 0 aliphatic heterocycles. The van der Waals surface area contributed by atoms with Crippen LogP contribution in [0.3, 0.4) is 0 Å². The minimum atomic E-state index is -1.20. The fourth-order valence-corrected chi connectivity index (χ4v) is 3.73. The molecule has 2 saturated carbocycles. The van der Waals surface area contributed by atoms with Gasteiger partial charge in [0.25, 0.3) is 0 Å². The van der Waals surface area contributed by atoms with E-state index in [1.165, 1.54) is 0 Å². The van der Waals surface area contributed by atoms with E-state index in [1.807, 2.05) is 30.3 Å². The zero-order valence-electron chi connectivity index (χ0n) is 8.04. The average Bonchev–Trinajstić information content (AvgIpc) is 3.01. The second kappa shape index (κ2) is 2.78. The Hall–Kier alpha value is -0.530. The number of hydrogen-bond donors (Lipinski definition) is 0. The Bertz CT molecular complexity index is 413. The van der Waals surface area contributed by atoms with Gasteiger partial charge in [0.1, 0.15) is 0 Å². The Kier molecular flexibility index (Phi) is 1.79. The summed E-state index contributed by atoms with van der Waals surface area (Å²) in [6, 6.07) is 9.86. The maximum absolute atomic E-state index is 11.8. The van der Waals surface area contributed by atoms with Crippen LogP contribution in [0.5, 0.6) is 0 Å². The van der Waals surface area contributed by atoms with Crippen molar-refractivity contribution in [3.63, 3.8) is 0 Å². The summed E-state index contributed by atoms with van der Waals surface area (Å²) in [4.78, 5) is 11.8. The minimum Gasteiger partial charge on any atom is -0.296 e. The highest BCUT2D eigenvalue weighted by molar-refractivity contribution is 6.62. The third-order valence-corrected chi connectivity index (χ3v) is 4.37. The van der Waals surface area contributed by atoms with E-state index in [1.54, 1.807) is 0 Å². The van der Waals surface area contributed by atoms with Crippen molar-refractivity contribution in [3.8, 4) is 0 Å². The highest BCUT2D eigenvalue weighted by atomic mass is 35.5. The summed E-state index contributed by atoms with van der Waals surface area (Å²) in [5, 5.41) is 0. The molecule has 0 saturated heterocycles. The van der Waals surface area contributed by atoms with E-state index in [2.05, 4.69) is 0 Å². The molecule has 1 aromatic carbocycles. The van der Waals surface area contributed by atoms with Gasteiger partial charge in [-0.2, -0.15) is 0 Å². The van der Waals surface area contributed by atoms with Crippen molar-refractivity contribution in [3.05, 3.63) is 35.9 Å². The molecule has 2 aliphatic rings. The van der Waals surface area contributed by atoms with Crippen LogP contribution in [0.25, 0.3) is 0 Å². The number of alkyl halides is 2. The minimum absolute atomic E-state index is 0.0120. The van der Waals surface area contributed by atoms with Gasteiger partial charge in [0.2, 0.25) is 0 Å². The van der Waals surface area contributed by atoms with Crippen molar-refractivity contribution in [2.75, 3.05) is 0 Å². The van der Waals surface area contributed by atoms with Gasteiger partial charge in [-0.25, -0.2) is 0 Å². The van der Waals surface area contributed by atoms with Crippen LogP contribution in [0.2, 0.25) is 0 Å². The van der Waals surface area contributed by atoms with E-state index in [-0.39, 0.29) is 17.1 Å². The Labute approximate surface area is 98.4 Å². The lowest BCUT2D eigenvalue weighted by molar-refractivity contribution is -0.134.